The largest absolute Gasteiger partial charge is 0.345 e. The van der Waals surface area contributed by atoms with Crippen molar-refractivity contribution >= 4 is 17.5 Å². The van der Waals surface area contributed by atoms with E-state index >= 15 is 0 Å². The third kappa shape index (κ3) is 5.64. The minimum absolute atomic E-state index is 0.206. The highest BCUT2D eigenvalue weighted by Gasteiger charge is 2.27. The fourth-order valence-electron chi connectivity index (χ4n) is 2.90. The first-order valence-electron chi connectivity index (χ1n) is 8.85. The Bertz CT molecular complexity index is 713. The number of rotatable bonds is 6. The van der Waals surface area contributed by atoms with E-state index in [1.54, 1.807) is 0 Å². The lowest BCUT2D eigenvalue weighted by molar-refractivity contribution is -0.137. The van der Waals surface area contributed by atoms with Gasteiger partial charge in [-0.2, -0.15) is 0 Å². The van der Waals surface area contributed by atoms with Crippen molar-refractivity contribution in [1.29, 1.82) is 0 Å². The van der Waals surface area contributed by atoms with Crippen molar-refractivity contribution in [1.82, 2.24) is 9.47 Å². The van der Waals surface area contributed by atoms with E-state index in [0.717, 1.165) is 22.8 Å². The summed E-state index contributed by atoms with van der Waals surface area (Å²) >= 11 is 6.10. The molecule has 0 aliphatic heterocycles. The van der Waals surface area contributed by atoms with E-state index < -0.39 is 0 Å². The third-order valence-electron chi connectivity index (χ3n) is 4.18. The Morgan fingerprint density at radius 3 is 2.52 bits per heavy atom. The molecular formula is C21H29ClN2O. The molecule has 0 bridgehead atoms. The van der Waals surface area contributed by atoms with E-state index in [4.69, 9.17) is 11.6 Å². The van der Waals surface area contributed by atoms with E-state index in [2.05, 4.69) is 57.5 Å². The second kappa shape index (κ2) is 8.09. The van der Waals surface area contributed by atoms with Crippen LogP contribution < -0.4 is 0 Å². The van der Waals surface area contributed by atoms with Crippen molar-refractivity contribution in [2.45, 2.75) is 59.7 Å². The van der Waals surface area contributed by atoms with Crippen LogP contribution in [0.15, 0.2) is 42.6 Å². The van der Waals surface area contributed by atoms with Crippen LogP contribution in [0.2, 0.25) is 5.02 Å². The van der Waals surface area contributed by atoms with Crippen LogP contribution in [0.1, 0.15) is 52.3 Å². The molecule has 0 radical (unpaired) electrons. The van der Waals surface area contributed by atoms with Gasteiger partial charge in [0.2, 0.25) is 5.91 Å². The molecule has 0 fully saturated rings. The van der Waals surface area contributed by atoms with E-state index in [0.29, 0.717) is 18.9 Å². The summed E-state index contributed by atoms with van der Waals surface area (Å²) in [4.78, 5) is 14.7. The van der Waals surface area contributed by atoms with E-state index in [1.165, 1.54) is 0 Å². The molecule has 2 aromatic rings. The predicted octanol–water partition coefficient (Wildman–Crippen LogP) is 5.36. The van der Waals surface area contributed by atoms with Gasteiger partial charge in [0.05, 0.1) is 6.54 Å². The van der Waals surface area contributed by atoms with Crippen LogP contribution in [0.5, 0.6) is 0 Å². The van der Waals surface area contributed by atoms with Gasteiger partial charge in [-0.3, -0.25) is 4.79 Å². The van der Waals surface area contributed by atoms with Crippen LogP contribution in [0.3, 0.4) is 0 Å². The highest BCUT2D eigenvalue weighted by molar-refractivity contribution is 6.30. The summed E-state index contributed by atoms with van der Waals surface area (Å²) in [5.41, 5.74) is 2.07. The van der Waals surface area contributed by atoms with Crippen molar-refractivity contribution in [2.75, 3.05) is 0 Å². The SMILES string of the molecule is CC(C)CC(=O)N(Cc1cccn1Cc1cccc(Cl)c1)C(C)(C)C. The number of carbonyl (C=O) groups excluding carboxylic acids is 1. The van der Waals surface area contributed by atoms with Gasteiger partial charge in [0.1, 0.15) is 0 Å². The lowest BCUT2D eigenvalue weighted by atomic mass is 10.0. The Balaban J connectivity index is 2.20. The minimum atomic E-state index is -0.211. The second-order valence-electron chi connectivity index (χ2n) is 8.01. The predicted molar refractivity (Wildman–Crippen MR) is 105 cm³/mol. The summed E-state index contributed by atoms with van der Waals surface area (Å²) in [5.74, 6) is 0.564. The lowest BCUT2D eigenvalue weighted by Gasteiger charge is -2.36. The average Bonchev–Trinajstić information content (AvgIpc) is 2.89. The molecule has 1 heterocycles. The lowest BCUT2D eigenvalue weighted by Crippen LogP contribution is -2.45. The molecule has 1 amide bonds. The van der Waals surface area contributed by atoms with Crippen molar-refractivity contribution in [3.8, 4) is 0 Å². The van der Waals surface area contributed by atoms with Gasteiger partial charge in [0.25, 0.3) is 0 Å². The summed E-state index contributed by atoms with van der Waals surface area (Å²) in [5, 5.41) is 0.745. The maximum absolute atomic E-state index is 12.7. The van der Waals surface area contributed by atoms with Gasteiger partial charge in [-0.05, 0) is 56.5 Å². The van der Waals surface area contributed by atoms with Crippen molar-refractivity contribution in [3.05, 3.63) is 58.9 Å². The molecule has 0 saturated carbocycles. The molecule has 0 N–H and O–H groups in total. The van der Waals surface area contributed by atoms with Crippen LogP contribution in [0.4, 0.5) is 0 Å². The Morgan fingerprint density at radius 1 is 1.20 bits per heavy atom. The fourth-order valence-corrected chi connectivity index (χ4v) is 3.11. The zero-order valence-corrected chi connectivity index (χ0v) is 16.7. The first kappa shape index (κ1) is 19.6. The molecule has 0 saturated heterocycles. The molecule has 25 heavy (non-hydrogen) atoms. The fraction of sp³-hybridized carbons (Fsp3) is 0.476. The summed E-state index contributed by atoms with van der Waals surface area (Å²) in [6.45, 7) is 11.8. The van der Waals surface area contributed by atoms with Crippen LogP contribution in [-0.4, -0.2) is 20.9 Å². The Morgan fingerprint density at radius 2 is 1.92 bits per heavy atom. The van der Waals surface area contributed by atoms with E-state index in [9.17, 15) is 4.79 Å². The van der Waals surface area contributed by atoms with Crippen LogP contribution >= 0.6 is 11.6 Å². The molecule has 136 valence electrons. The Kier molecular flexibility index (Phi) is 6.34. The molecule has 1 aromatic carbocycles. The van der Waals surface area contributed by atoms with Gasteiger partial charge in [0, 0.05) is 35.4 Å². The normalized spacial score (nSPS) is 11.8. The first-order chi connectivity index (χ1) is 11.7. The van der Waals surface area contributed by atoms with Gasteiger partial charge in [-0.25, -0.2) is 0 Å². The molecule has 0 aliphatic rings. The zero-order valence-electron chi connectivity index (χ0n) is 15.9. The summed E-state index contributed by atoms with van der Waals surface area (Å²) < 4.78 is 2.19. The number of nitrogens with zero attached hydrogens (tertiary/aromatic N) is 2. The second-order valence-corrected chi connectivity index (χ2v) is 8.44. The van der Waals surface area contributed by atoms with Crippen molar-refractivity contribution in [3.63, 3.8) is 0 Å². The summed E-state index contributed by atoms with van der Waals surface area (Å²) in [7, 11) is 0. The number of benzene rings is 1. The van der Waals surface area contributed by atoms with Gasteiger partial charge in [-0.15, -0.1) is 0 Å². The molecule has 4 heteroatoms. The van der Waals surface area contributed by atoms with E-state index in [-0.39, 0.29) is 11.4 Å². The smallest absolute Gasteiger partial charge is 0.223 e. The minimum Gasteiger partial charge on any atom is -0.345 e. The van der Waals surface area contributed by atoms with Gasteiger partial charge in [0.15, 0.2) is 0 Å². The standard InChI is InChI=1S/C21H29ClN2O/c1-16(2)12-20(25)24(21(3,4)5)15-19-10-7-11-23(19)14-17-8-6-9-18(22)13-17/h6-11,13,16H,12,14-15H2,1-5H3. The molecule has 3 nitrogen and oxygen atoms in total. The molecule has 2 rings (SSSR count). The van der Waals surface area contributed by atoms with Gasteiger partial charge in [-0.1, -0.05) is 37.6 Å². The number of hydrogen-bond acceptors (Lipinski definition) is 1. The molecule has 0 unspecified atom stereocenters. The van der Waals surface area contributed by atoms with Crippen LogP contribution in [0.25, 0.3) is 0 Å². The van der Waals surface area contributed by atoms with E-state index in [1.807, 2.05) is 29.2 Å². The summed E-state index contributed by atoms with van der Waals surface area (Å²) in [6.07, 6.45) is 2.64. The van der Waals surface area contributed by atoms with Gasteiger partial charge >= 0.3 is 0 Å². The highest BCUT2D eigenvalue weighted by Crippen LogP contribution is 2.21. The van der Waals surface area contributed by atoms with Crippen molar-refractivity contribution < 1.29 is 4.79 Å². The third-order valence-corrected chi connectivity index (χ3v) is 4.41. The molecule has 0 atom stereocenters. The maximum Gasteiger partial charge on any atom is 0.223 e. The maximum atomic E-state index is 12.7. The van der Waals surface area contributed by atoms with Crippen molar-refractivity contribution in [2.24, 2.45) is 5.92 Å². The average molecular weight is 361 g/mol. The molecule has 0 spiro atoms. The summed E-state index contributed by atoms with van der Waals surface area (Å²) in [6, 6.07) is 12.0. The quantitative estimate of drug-likeness (QED) is 0.680. The topological polar surface area (TPSA) is 25.2 Å². The monoisotopic (exact) mass is 360 g/mol. The van der Waals surface area contributed by atoms with Crippen LogP contribution in [0, 0.1) is 5.92 Å². The molecular weight excluding hydrogens is 332 g/mol. The van der Waals surface area contributed by atoms with Gasteiger partial charge < -0.3 is 9.47 Å². The number of hydrogen-bond donors (Lipinski definition) is 0. The number of halogens is 1. The highest BCUT2D eigenvalue weighted by atomic mass is 35.5. The molecule has 1 aromatic heterocycles. The molecule has 0 aliphatic carbocycles. The first-order valence-corrected chi connectivity index (χ1v) is 9.23. The number of aromatic nitrogens is 1. The number of carbonyl (C=O) groups is 1. The number of amides is 1. The Hall–Kier alpha value is -1.74. The Labute approximate surface area is 156 Å². The zero-order chi connectivity index (χ0) is 18.6. The van der Waals surface area contributed by atoms with Crippen LogP contribution in [-0.2, 0) is 17.9 Å².